The van der Waals surface area contributed by atoms with E-state index < -0.39 is 0 Å². The van der Waals surface area contributed by atoms with Crippen LogP contribution in [0.5, 0.6) is 0 Å². The molecular formula is C14H16BrN3O. The van der Waals surface area contributed by atoms with Crippen molar-refractivity contribution >= 4 is 32.7 Å². The molecule has 1 aromatic heterocycles. The van der Waals surface area contributed by atoms with Crippen molar-refractivity contribution in [1.82, 2.24) is 15.6 Å². The van der Waals surface area contributed by atoms with Gasteiger partial charge in [0.05, 0.1) is 11.1 Å². The molecule has 0 saturated carbocycles. The summed E-state index contributed by atoms with van der Waals surface area (Å²) in [5.41, 5.74) is 2.34. The van der Waals surface area contributed by atoms with E-state index in [1.165, 1.54) is 0 Å². The van der Waals surface area contributed by atoms with Gasteiger partial charge < -0.3 is 10.6 Å². The van der Waals surface area contributed by atoms with Crippen molar-refractivity contribution in [2.24, 2.45) is 0 Å². The molecule has 2 rings (SSSR count). The molecule has 2 N–H and O–H groups in total. The van der Waals surface area contributed by atoms with Gasteiger partial charge in [-0.2, -0.15) is 0 Å². The summed E-state index contributed by atoms with van der Waals surface area (Å²) in [6.45, 7) is 3.25. The van der Waals surface area contributed by atoms with Gasteiger partial charge in [0.15, 0.2) is 0 Å². The number of hydrogen-bond acceptors (Lipinski definition) is 3. The molecule has 1 aromatic carbocycles. The van der Waals surface area contributed by atoms with Crippen molar-refractivity contribution in [3.63, 3.8) is 0 Å². The van der Waals surface area contributed by atoms with Crippen LogP contribution in [0.2, 0.25) is 0 Å². The number of likely N-dealkylation sites (N-methyl/N-ethyl adjacent to an activating group) is 1. The van der Waals surface area contributed by atoms with Gasteiger partial charge in [0, 0.05) is 28.6 Å². The fourth-order valence-electron chi connectivity index (χ4n) is 1.92. The molecule has 1 amide bonds. The molecule has 100 valence electrons. The Morgan fingerprint density at radius 2 is 2.11 bits per heavy atom. The van der Waals surface area contributed by atoms with Gasteiger partial charge in [-0.05, 0) is 32.2 Å². The summed E-state index contributed by atoms with van der Waals surface area (Å²) in [6, 6.07) is 7.58. The Kier molecular flexibility index (Phi) is 4.50. The van der Waals surface area contributed by atoms with Crippen molar-refractivity contribution in [3.05, 3.63) is 40.0 Å². The number of hydrogen-bond donors (Lipinski definition) is 2. The molecule has 4 nitrogen and oxygen atoms in total. The molecule has 0 radical (unpaired) electrons. The second kappa shape index (κ2) is 6.12. The van der Waals surface area contributed by atoms with Crippen LogP contribution in [0.4, 0.5) is 0 Å². The molecule has 0 bridgehead atoms. The lowest BCUT2D eigenvalue weighted by atomic mass is 10.1. The normalized spacial score (nSPS) is 10.7. The van der Waals surface area contributed by atoms with Crippen molar-refractivity contribution < 1.29 is 4.79 Å². The van der Waals surface area contributed by atoms with Crippen LogP contribution in [0.3, 0.4) is 0 Å². The fraction of sp³-hybridized carbons (Fsp3) is 0.286. The Morgan fingerprint density at radius 1 is 1.32 bits per heavy atom. The number of nitrogens with one attached hydrogen (secondary N) is 2. The SMILES string of the molecule is CNCCNC(=O)c1cc(C)nc2cc(Br)ccc12. The molecule has 0 aliphatic carbocycles. The summed E-state index contributed by atoms with van der Waals surface area (Å²) >= 11 is 3.42. The Hall–Kier alpha value is -1.46. The number of halogens is 1. The highest BCUT2D eigenvalue weighted by atomic mass is 79.9. The first kappa shape index (κ1) is 14.0. The summed E-state index contributed by atoms with van der Waals surface area (Å²) in [5, 5.41) is 6.76. The number of carbonyl (C=O) groups is 1. The standard InChI is InChI=1S/C14H16BrN3O/c1-9-7-12(14(19)17-6-5-16-2)11-4-3-10(15)8-13(11)18-9/h3-4,7-8,16H,5-6H2,1-2H3,(H,17,19). The second-order valence-corrected chi connectivity index (χ2v) is 5.25. The first-order valence-electron chi connectivity index (χ1n) is 6.11. The van der Waals surface area contributed by atoms with Gasteiger partial charge >= 0.3 is 0 Å². The maximum Gasteiger partial charge on any atom is 0.252 e. The summed E-state index contributed by atoms with van der Waals surface area (Å²) in [4.78, 5) is 16.6. The lowest BCUT2D eigenvalue weighted by Crippen LogP contribution is -2.30. The summed E-state index contributed by atoms with van der Waals surface area (Å²) in [5.74, 6) is -0.0620. The number of aromatic nitrogens is 1. The zero-order chi connectivity index (χ0) is 13.8. The van der Waals surface area contributed by atoms with Crippen LogP contribution >= 0.6 is 15.9 Å². The molecule has 0 aliphatic rings. The third-order valence-electron chi connectivity index (χ3n) is 2.81. The summed E-state index contributed by atoms with van der Waals surface area (Å²) in [7, 11) is 1.86. The molecule has 0 spiro atoms. The molecular weight excluding hydrogens is 306 g/mol. The lowest BCUT2D eigenvalue weighted by Gasteiger charge is -2.09. The molecule has 1 heterocycles. The maximum atomic E-state index is 12.2. The minimum atomic E-state index is -0.0620. The van der Waals surface area contributed by atoms with E-state index >= 15 is 0 Å². The highest BCUT2D eigenvalue weighted by molar-refractivity contribution is 9.10. The van der Waals surface area contributed by atoms with E-state index in [4.69, 9.17) is 0 Å². The van der Waals surface area contributed by atoms with Gasteiger partial charge in [-0.3, -0.25) is 9.78 Å². The molecule has 0 saturated heterocycles. The van der Waals surface area contributed by atoms with Gasteiger partial charge in [-0.1, -0.05) is 22.0 Å². The summed E-state index contributed by atoms with van der Waals surface area (Å²) < 4.78 is 0.958. The Labute approximate surface area is 120 Å². The van der Waals surface area contributed by atoms with Crippen LogP contribution in [0.15, 0.2) is 28.7 Å². The third-order valence-corrected chi connectivity index (χ3v) is 3.30. The van der Waals surface area contributed by atoms with Crippen molar-refractivity contribution in [1.29, 1.82) is 0 Å². The highest BCUT2D eigenvalue weighted by Crippen LogP contribution is 2.22. The van der Waals surface area contributed by atoms with Crippen LogP contribution in [-0.2, 0) is 0 Å². The highest BCUT2D eigenvalue weighted by Gasteiger charge is 2.11. The van der Waals surface area contributed by atoms with Gasteiger partial charge in [-0.15, -0.1) is 0 Å². The van der Waals surface area contributed by atoms with Crippen molar-refractivity contribution in [2.45, 2.75) is 6.92 Å². The Balaban J connectivity index is 2.39. The van der Waals surface area contributed by atoms with E-state index in [1.807, 2.05) is 38.2 Å². The maximum absolute atomic E-state index is 12.2. The van der Waals surface area contributed by atoms with E-state index in [0.717, 1.165) is 27.6 Å². The lowest BCUT2D eigenvalue weighted by molar-refractivity contribution is 0.0955. The van der Waals surface area contributed by atoms with E-state index in [9.17, 15) is 4.79 Å². The molecule has 5 heteroatoms. The quantitative estimate of drug-likeness (QED) is 0.849. The second-order valence-electron chi connectivity index (χ2n) is 4.33. The number of rotatable bonds is 4. The van der Waals surface area contributed by atoms with E-state index in [1.54, 1.807) is 0 Å². The molecule has 0 unspecified atom stereocenters. The number of benzene rings is 1. The van der Waals surface area contributed by atoms with E-state index in [-0.39, 0.29) is 5.91 Å². The Bertz CT molecular complexity index is 608. The van der Waals surface area contributed by atoms with E-state index in [0.29, 0.717) is 12.1 Å². The largest absolute Gasteiger partial charge is 0.351 e. The van der Waals surface area contributed by atoms with Gasteiger partial charge in [0.2, 0.25) is 0 Å². The van der Waals surface area contributed by atoms with E-state index in [2.05, 4.69) is 31.5 Å². The molecule has 19 heavy (non-hydrogen) atoms. The van der Waals surface area contributed by atoms with Crippen LogP contribution in [0.1, 0.15) is 16.1 Å². The minimum absolute atomic E-state index is 0.0620. The first-order chi connectivity index (χ1) is 9.11. The monoisotopic (exact) mass is 321 g/mol. The molecule has 0 atom stereocenters. The average molecular weight is 322 g/mol. The van der Waals surface area contributed by atoms with Gasteiger partial charge in [-0.25, -0.2) is 0 Å². The Morgan fingerprint density at radius 3 is 2.84 bits per heavy atom. The number of nitrogens with zero attached hydrogens (tertiary/aromatic N) is 1. The summed E-state index contributed by atoms with van der Waals surface area (Å²) in [6.07, 6.45) is 0. The first-order valence-corrected chi connectivity index (χ1v) is 6.91. The predicted octanol–water partition coefficient (Wildman–Crippen LogP) is 2.25. The predicted molar refractivity (Wildman–Crippen MR) is 80.4 cm³/mol. The zero-order valence-electron chi connectivity index (χ0n) is 11.0. The smallest absolute Gasteiger partial charge is 0.252 e. The minimum Gasteiger partial charge on any atom is -0.351 e. The van der Waals surface area contributed by atoms with Gasteiger partial charge in [0.25, 0.3) is 5.91 Å². The fourth-order valence-corrected chi connectivity index (χ4v) is 2.27. The number of carbonyl (C=O) groups excluding carboxylic acids is 1. The van der Waals surface area contributed by atoms with Gasteiger partial charge in [0.1, 0.15) is 0 Å². The van der Waals surface area contributed by atoms with Crippen LogP contribution in [0.25, 0.3) is 10.9 Å². The molecule has 0 fully saturated rings. The topological polar surface area (TPSA) is 54.0 Å². The number of amides is 1. The van der Waals surface area contributed by atoms with Crippen molar-refractivity contribution in [3.8, 4) is 0 Å². The number of aryl methyl sites for hydroxylation is 1. The molecule has 2 aromatic rings. The van der Waals surface area contributed by atoms with Crippen LogP contribution in [0, 0.1) is 6.92 Å². The third kappa shape index (κ3) is 3.30. The zero-order valence-corrected chi connectivity index (χ0v) is 12.5. The number of pyridine rings is 1. The average Bonchev–Trinajstić information content (AvgIpc) is 2.37. The van der Waals surface area contributed by atoms with Crippen LogP contribution in [-0.4, -0.2) is 31.0 Å². The molecule has 0 aliphatic heterocycles. The van der Waals surface area contributed by atoms with Crippen LogP contribution < -0.4 is 10.6 Å². The number of fused-ring (bicyclic) bond motifs is 1. The van der Waals surface area contributed by atoms with Crippen molar-refractivity contribution in [2.75, 3.05) is 20.1 Å².